The van der Waals surface area contributed by atoms with Gasteiger partial charge in [-0.05, 0) is 31.0 Å². The number of nitrogens with one attached hydrogen (secondary N) is 1. The van der Waals surface area contributed by atoms with Crippen LogP contribution in [0.2, 0.25) is 0 Å². The van der Waals surface area contributed by atoms with E-state index in [2.05, 4.69) is 17.4 Å². The Hall–Kier alpha value is -2.00. The van der Waals surface area contributed by atoms with Gasteiger partial charge in [0.05, 0.1) is 12.6 Å². The first-order valence-electron chi connectivity index (χ1n) is 6.73. The SMILES string of the molecule is COCC(Nc1ccc(C)c(O)c1C)c1ccccc1. The largest absolute Gasteiger partial charge is 0.507 e. The van der Waals surface area contributed by atoms with E-state index < -0.39 is 0 Å². The number of hydrogen-bond acceptors (Lipinski definition) is 3. The molecule has 2 aromatic rings. The molecule has 2 N–H and O–H groups in total. The first kappa shape index (κ1) is 14.4. The molecule has 2 rings (SSSR count). The molecule has 20 heavy (non-hydrogen) atoms. The van der Waals surface area contributed by atoms with Crippen LogP contribution in [0.1, 0.15) is 22.7 Å². The first-order chi connectivity index (χ1) is 9.63. The highest BCUT2D eigenvalue weighted by atomic mass is 16.5. The van der Waals surface area contributed by atoms with Crippen molar-refractivity contribution in [2.24, 2.45) is 0 Å². The summed E-state index contributed by atoms with van der Waals surface area (Å²) in [7, 11) is 1.69. The Labute approximate surface area is 120 Å². The third-order valence-electron chi connectivity index (χ3n) is 3.50. The smallest absolute Gasteiger partial charge is 0.123 e. The van der Waals surface area contributed by atoms with Gasteiger partial charge in [-0.3, -0.25) is 0 Å². The highest BCUT2D eigenvalue weighted by molar-refractivity contribution is 5.60. The molecule has 0 heterocycles. The van der Waals surface area contributed by atoms with Gasteiger partial charge in [-0.25, -0.2) is 0 Å². The van der Waals surface area contributed by atoms with Crippen molar-refractivity contribution in [3.63, 3.8) is 0 Å². The van der Waals surface area contributed by atoms with Crippen molar-refractivity contribution < 1.29 is 9.84 Å². The fourth-order valence-corrected chi connectivity index (χ4v) is 2.25. The summed E-state index contributed by atoms with van der Waals surface area (Å²) in [6, 6.07) is 14.1. The zero-order valence-corrected chi connectivity index (χ0v) is 12.2. The van der Waals surface area contributed by atoms with Crippen LogP contribution in [0.15, 0.2) is 42.5 Å². The van der Waals surface area contributed by atoms with E-state index in [-0.39, 0.29) is 6.04 Å². The molecule has 3 nitrogen and oxygen atoms in total. The summed E-state index contributed by atoms with van der Waals surface area (Å²) in [6.45, 7) is 4.38. The molecule has 0 radical (unpaired) electrons. The average molecular weight is 271 g/mol. The van der Waals surface area contributed by atoms with E-state index in [0.717, 1.165) is 22.4 Å². The number of rotatable bonds is 5. The molecule has 1 unspecified atom stereocenters. The summed E-state index contributed by atoms with van der Waals surface area (Å²) >= 11 is 0. The topological polar surface area (TPSA) is 41.5 Å². The van der Waals surface area contributed by atoms with Gasteiger partial charge < -0.3 is 15.2 Å². The number of ether oxygens (including phenoxy) is 1. The quantitative estimate of drug-likeness (QED) is 0.869. The summed E-state index contributed by atoms with van der Waals surface area (Å²) in [4.78, 5) is 0. The molecule has 0 fully saturated rings. The van der Waals surface area contributed by atoms with Crippen molar-refractivity contribution in [2.45, 2.75) is 19.9 Å². The zero-order chi connectivity index (χ0) is 14.5. The van der Waals surface area contributed by atoms with Crippen molar-refractivity contribution in [3.05, 3.63) is 59.2 Å². The molecule has 0 aliphatic heterocycles. The monoisotopic (exact) mass is 271 g/mol. The normalized spacial score (nSPS) is 12.2. The Morgan fingerprint density at radius 1 is 1.10 bits per heavy atom. The van der Waals surface area contributed by atoms with E-state index >= 15 is 0 Å². The number of aryl methyl sites for hydroxylation is 1. The summed E-state index contributed by atoms with van der Waals surface area (Å²) in [5, 5.41) is 13.5. The van der Waals surface area contributed by atoms with Gasteiger partial charge in [0.15, 0.2) is 0 Å². The van der Waals surface area contributed by atoms with Gasteiger partial charge in [0.2, 0.25) is 0 Å². The zero-order valence-electron chi connectivity index (χ0n) is 12.2. The molecule has 0 aliphatic rings. The lowest BCUT2D eigenvalue weighted by Gasteiger charge is -2.21. The molecule has 0 saturated carbocycles. The molecule has 0 bridgehead atoms. The maximum atomic E-state index is 10.0. The van der Waals surface area contributed by atoms with Gasteiger partial charge in [-0.1, -0.05) is 36.4 Å². The van der Waals surface area contributed by atoms with Crippen LogP contribution >= 0.6 is 0 Å². The predicted molar refractivity (Wildman–Crippen MR) is 82.3 cm³/mol. The van der Waals surface area contributed by atoms with Crippen LogP contribution in [0.4, 0.5) is 5.69 Å². The third-order valence-corrected chi connectivity index (χ3v) is 3.50. The molecule has 0 amide bonds. The summed E-state index contributed by atoms with van der Waals surface area (Å²) in [5.41, 5.74) is 3.84. The van der Waals surface area contributed by atoms with Crippen molar-refractivity contribution in [3.8, 4) is 5.75 Å². The van der Waals surface area contributed by atoms with Crippen LogP contribution < -0.4 is 5.32 Å². The summed E-state index contributed by atoms with van der Waals surface area (Å²) in [6.07, 6.45) is 0. The van der Waals surface area contributed by atoms with E-state index in [1.807, 2.05) is 44.2 Å². The molecule has 0 aliphatic carbocycles. The van der Waals surface area contributed by atoms with Crippen LogP contribution in [0.3, 0.4) is 0 Å². The lowest BCUT2D eigenvalue weighted by Crippen LogP contribution is -2.16. The Morgan fingerprint density at radius 3 is 2.45 bits per heavy atom. The van der Waals surface area contributed by atoms with Crippen LogP contribution in [-0.4, -0.2) is 18.8 Å². The Morgan fingerprint density at radius 2 is 1.80 bits per heavy atom. The number of benzene rings is 2. The molecule has 106 valence electrons. The van der Waals surface area contributed by atoms with Crippen molar-refractivity contribution in [1.29, 1.82) is 0 Å². The lowest BCUT2D eigenvalue weighted by atomic mass is 10.0. The van der Waals surface area contributed by atoms with E-state index in [1.54, 1.807) is 7.11 Å². The van der Waals surface area contributed by atoms with E-state index in [4.69, 9.17) is 4.74 Å². The molecule has 0 aromatic heterocycles. The van der Waals surface area contributed by atoms with Crippen LogP contribution in [0.5, 0.6) is 5.75 Å². The van der Waals surface area contributed by atoms with Crippen LogP contribution in [0, 0.1) is 13.8 Å². The van der Waals surface area contributed by atoms with Crippen molar-refractivity contribution in [2.75, 3.05) is 19.0 Å². The fourth-order valence-electron chi connectivity index (χ4n) is 2.25. The minimum Gasteiger partial charge on any atom is -0.507 e. The van der Waals surface area contributed by atoms with E-state index in [9.17, 15) is 5.11 Å². The lowest BCUT2D eigenvalue weighted by molar-refractivity contribution is 0.186. The molecule has 0 spiro atoms. The van der Waals surface area contributed by atoms with Gasteiger partial charge >= 0.3 is 0 Å². The predicted octanol–water partition coefficient (Wildman–Crippen LogP) is 3.81. The number of hydrogen-bond donors (Lipinski definition) is 2. The summed E-state index contributed by atoms with van der Waals surface area (Å²) in [5.74, 6) is 0.347. The van der Waals surface area contributed by atoms with E-state index in [1.165, 1.54) is 0 Å². The standard InChI is InChI=1S/C17H21NO2/c1-12-9-10-15(13(2)17(12)19)18-16(11-20-3)14-7-5-4-6-8-14/h4-10,16,18-19H,11H2,1-3H3. The number of phenols is 1. The average Bonchev–Trinajstić information content (AvgIpc) is 2.48. The number of aromatic hydroxyl groups is 1. The molecular formula is C17H21NO2. The number of methoxy groups -OCH3 is 1. The number of phenolic OH excluding ortho intramolecular Hbond substituents is 1. The van der Waals surface area contributed by atoms with Crippen molar-refractivity contribution >= 4 is 5.69 Å². The second kappa shape index (κ2) is 6.44. The van der Waals surface area contributed by atoms with Crippen molar-refractivity contribution in [1.82, 2.24) is 0 Å². The highest BCUT2D eigenvalue weighted by Gasteiger charge is 2.13. The Bertz CT molecular complexity index is 567. The maximum Gasteiger partial charge on any atom is 0.123 e. The van der Waals surface area contributed by atoms with Gasteiger partial charge in [0.25, 0.3) is 0 Å². The minimum atomic E-state index is 0.0574. The van der Waals surface area contributed by atoms with Crippen LogP contribution in [0.25, 0.3) is 0 Å². The third kappa shape index (κ3) is 3.11. The van der Waals surface area contributed by atoms with E-state index in [0.29, 0.717) is 12.4 Å². The fraction of sp³-hybridized carbons (Fsp3) is 0.294. The molecule has 3 heteroatoms. The Kier molecular flexibility index (Phi) is 4.64. The van der Waals surface area contributed by atoms with Gasteiger partial charge in [-0.2, -0.15) is 0 Å². The van der Waals surface area contributed by atoms with Gasteiger partial charge in [-0.15, -0.1) is 0 Å². The van der Waals surface area contributed by atoms with Gasteiger partial charge in [0, 0.05) is 18.4 Å². The molecular weight excluding hydrogens is 250 g/mol. The minimum absolute atomic E-state index is 0.0574. The molecule has 2 aromatic carbocycles. The van der Waals surface area contributed by atoms with Gasteiger partial charge in [0.1, 0.15) is 5.75 Å². The molecule has 1 atom stereocenters. The molecule has 0 saturated heterocycles. The Balaban J connectivity index is 2.27. The van der Waals surface area contributed by atoms with Crippen LogP contribution in [-0.2, 0) is 4.74 Å². The number of anilines is 1. The first-order valence-corrected chi connectivity index (χ1v) is 6.73. The highest BCUT2D eigenvalue weighted by Crippen LogP contribution is 2.30. The second-order valence-corrected chi connectivity index (χ2v) is 4.97. The summed E-state index contributed by atoms with van der Waals surface area (Å²) < 4.78 is 5.30. The maximum absolute atomic E-state index is 10.0. The second-order valence-electron chi connectivity index (χ2n) is 4.97.